The molecule has 0 aromatic heterocycles. The Morgan fingerprint density at radius 1 is 1.25 bits per heavy atom. The second-order valence-electron chi connectivity index (χ2n) is 3.67. The van der Waals surface area contributed by atoms with E-state index in [1.165, 1.54) is 0 Å². The van der Waals surface area contributed by atoms with E-state index in [9.17, 15) is 4.39 Å². The zero-order valence-electron chi connectivity index (χ0n) is 9.36. The van der Waals surface area contributed by atoms with Gasteiger partial charge in [0.1, 0.15) is 0 Å². The van der Waals surface area contributed by atoms with Crippen LogP contribution in [-0.2, 0) is 11.3 Å². The van der Waals surface area contributed by atoms with E-state index in [4.69, 9.17) is 11.2 Å². The topological polar surface area (TPSA) is 9.23 Å². The van der Waals surface area contributed by atoms with Crippen LogP contribution in [0, 0.1) is 12.3 Å². The summed E-state index contributed by atoms with van der Waals surface area (Å²) < 4.78 is 18.1. The zero-order valence-corrected chi connectivity index (χ0v) is 9.36. The summed E-state index contributed by atoms with van der Waals surface area (Å²) in [6, 6.07) is 10.00. The van der Waals surface area contributed by atoms with Crippen LogP contribution in [0.4, 0.5) is 4.39 Å². The van der Waals surface area contributed by atoms with Crippen LogP contribution in [0.25, 0.3) is 0 Å². The highest BCUT2D eigenvalue weighted by atomic mass is 19.1. The molecule has 0 aliphatic rings. The van der Waals surface area contributed by atoms with Crippen molar-refractivity contribution in [2.45, 2.75) is 32.0 Å². The molecule has 1 unspecified atom stereocenters. The molecule has 1 nitrogen and oxygen atoms in total. The number of alkyl halides is 1. The predicted molar refractivity (Wildman–Crippen MR) is 63.7 cm³/mol. The third-order valence-electron chi connectivity index (χ3n) is 2.29. The molecule has 86 valence electrons. The molecule has 0 saturated carbocycles. The molecule has 1 rings (SSSR count). The van der Waals surface area contributed by atoms with Gasteiger partial charge in [-0.2, -0.15) is 0 Å². The summed E-state index contributed by atoms with van der Waals surface area (Å²) in [6.45, 7) is 1.28. The highest BCUT2D eigenvalue weighted by Crippen LogP contribution is 2.05. The average Bonchev–Trinajstić information content (AvgIpc) is 2.34. The van der Waals surface area contributed by atoms with Crippen molar-refractivity contribution < 1.29 is 9.13 Å². The molecule has 0 heterocycles. The molecule has 0 radical (unpaired) electrons. The van der Waals surface area contributed by atoms with Crippen molar-refractivity contribution in [2.24, 2.45) is 0 Å². The Hall–Kier alpha value is -1.33. The number of hydrogen-bond acceptors (Lipinski definition) is 1. The number of rotatable bonds is 7. The maximum Gasteiger partial charge on any atom is 0.160 e. The van der Waals surface area contributed by atoms with Gasteiger partial charge < -0.3 is 4.74 Å². The minimum absolute atomic E-state index is 0.436. The Morgan fingerprint density at radius 2 is 2.00 bits per heavy atom. The van der Waals surface area contributed by atoms with Gasteiger partial charge in [0.15, 0.2) is 6.17 Å². The second-order valence-corrected chi connectivity index (χ2v) is 3.67. The zero-order chi connectivity index (χ0) is 11.6. The van der Waals surface area contributed by atoms with Gasteiger partial charge in [0.25, 0.3) is 0 Å². The van der Waals surface area contributed by atoms with Crippen LogP contribution in [0.1, 0.15) is 24.8 Å². The van der Waals surface area contributed by atoms with Gasteiger partial charge in [0.05, 0.1) is 6.61 Å². The largest absolute Gasteiger partial charge is 0.377 e. The summed E-state index contributed by atoms with van der Waals surface area (Å²) in [5.41, 5.74) is 1.16. The molecular formula is C14H17FO. The lowest BCUT2D eigenvalue weighted by molar-refractivity contribution is 0.116. The molecule has 1 aromatic rings. The van der Waals surface area contributed by atoms with Crippen molar-refractivity contribution in [3.63, 3.8) is 0 Å². The van der Waals surface area contributed by atoms with E-state index < -0.39 is 6.17 Å². The molecular weight excluding hydrogens is 203 g/mol. The summed E-state index contributed by atoms with van der Waals surface area (Å²) >= 11 is 0. The van der Waals surface area contributed by atoms with Gasteiger partial charge in [-0.25, -0.2) is 4.39 Å². The van der Waals surface area contributed by atoms with Crippen molar-refractivity contribution in [1.82, 2.24) is 0 Å². The van der Waals surface area contributed by atoms with Crippen molar-refractivity contribution in [2.75, 3.05) is 6.61 Å². The first-order chi connectivity index (χ1) is 7.83. The Morgan fingerprint density at radius 3 is 2.69 bits per heavy atom. The van der Waals surface area contributed by atoms with Gasteiger partial charge in [0.2, 0.25) is 0 Å². The van der Waals surface area contributed by atoms with Crippen LogP contribution >= 0.6 is 0 Å². The number of hydrogen-bond donors (Lipinski definition) is 0. The summed E-state index contributed by atoms with van der Waals surface area (Å²) in [7, 11) is 0. The summed E-state index contributed by atoms with van der Waals surface area (Å²) in [5, 5.41) is 0. The first kappa shape index (κ1) is 12.7. The summed E-state index contributed by atoms with van der Waals surface area (Å²) in [6.07, 6.45) is 5.90. The number of benzene rings is 1. The molecule has 0 amide bonds. The van der Waals surface area contributed by atoms with E-state index in [0.717, 1.165) is 18.4 Å². The van der Waals surface area contributed by atoms with E-state index in [2.05, 4.69) is 5.92 Å². The monoisotopic (exact) mass is 220 g/mol. The highest BCUT2D eigenvalue weighted by Gasteiger charge is 2.00. The molecule has 0 aliphatic carbocycles. The van der Waals surface area contributed by atoms with Crippen molar-refractivity contribution >= 4 is 0 Å². The Balaban J connectivity index is 1.99. The molecule has 2 heteroatoms. The van der Waals surface area contributed by atoms with Gasteiger partial charge in [-0.1, -0.05) is 36.3 Å². The SMILES string of the molecule is C#CC(F)CCCCOCc1ccccc1. The Kier molecular flexibility index (Phi) is 6.29. The first-order valence-electron chi connectivity index (χ1n) is 5.55. The molecule has 0 bridgehead atoms. The molecule has 1 atom stereocenters. The van der Waals surface area contributed by atoms with Gasteiger partial charge in [-0.15, -0.1) is 6.42 Å². The molecule has 0 N–H and O–H groups in total. The second kappa shape index (κ2) is 7.90. The molecule has 16 heavy (non-hydrogen) atoms. The average molecular weight is 220 g/mol. The fraction of sp³-hybridized carbons (Fsp3) is 0.429. The van der Waals surface area contributed by atoms with Crippen LogP contribution in [0.2, 0.25) is 0 Å². The fourth-order valence-corrected chi connectivity index (χ4v) is 1.38. The quantitative estimate of drug-likeness (QED) is 0.506. The lowest BCUT2D eigenvalue weighted by Crippen LogP contribution is -1.99. The smallest absolute Gasteiger partial charge is 0.160 e. The van der Waals surface area contributed by atoms with Crippen molar-refractivity contribution in [1.29, 1.82) is 0 Å². The van der Waals surface area contributed by atoms with Gasteiger partial charge in [-0.05, 0) is 24.8 Å². The molecule has 1 aromatic carbocycles. The van der Waals surface area contributed by atoms with Crippen LogP contribution < -0.4 is 0 Å². The maximum atomic E-state index is 12.6. The Bertz CT molecular complexity index is 315. The number of halogens is 1. The third-order valence-corrected chi connectivity index (χ3v) is 2.29. The van der Waals surface area contributed by atoms with E-state index >= 15 is 0 Å². The van der Waals surface area contributed by atoms with E-state index in [-0.39, 0.29) is 0 Å². The first-order valence-corrected chi connectivity index (χ1v) is 5.55. The van der Waals surface area contributed by atoms with Gasteiger partial charge in [0, 0.05) is 6.61 Å². The maximum absolute atomic E-state index is 12.6. The molecule has 0 spiro atoms. The number of ether oxygens (including phenoxy) is 1. The van der Waals surface area contributed by atoms with Crippen LogP contribution in [0.15, 0.2) is 30.3 Å². The molecule has 0 aliphatic heterocycles. The van der Waals surface area contributed by atoms with E-state index in [1.54, 1.807) is 0 Å². The van der Waals surface area contributed by atoms with Crippen LogP contribution in [-0.4, -0.2) is 12.8 Å². The minimum atomic E-state index is -1.10. The highest BCUT2D eigenvalue weighted by molar-refractivity contribution is 5.13. The van der Waals surface area contributed by atoms with E-state index in [1.807, 2.05) is 30.3 Å². The molecule has 0 fully saturated rings. The minimum Gasteiger partial charge on any atom is -0.377 e. The van der Waals surface area contributed by atoms with Gasteiger partial charge in [-0.3, -0.25) is 0 Å². The predicted octanol–water partition coefficient (Wildman–Crippen LogP) is 3.34. The summed E-state index contributed by atoms with van der Waals surface area (Å²) in [4.78, 5) is 0. The van der Waals surface area contributed by atoms with Crippen molar-refractivity contribution in [3.05, 3.63) is 35.9 Å². The van der Waals surface area contributed by atoms with Crippen LogP contribution in [0.5, 0.6) is 0 Å². The molecule has 0 saturated heterocycles. The summed E-state index contributed by atoms with van der Waals surface area (Å²) in [5.74, 6) is 2.07. The normalized spacial score (nSPS) is 12.0. The number of terminal acetylenes is 1. The van der Waals surface area contributed by atoms with Gasteiger partial charge >= 0.3 is 0 Å². The number of unbranched alkanes of at least 4 members (excludes halogenated alkanes) is 1. The standard InChI is InChI=1S/C14H17FO/c1-2-14(15)10-6-7-11-16-12-13-8-4-3-5-9-13/h1,3-5,8-9,14H,6-7,10-12H2. The van der Waals surface area contributed by atoms with E-state index in [0.29, 0.717) is 19.6 Å². The third kappa shape index (κ3) is 5.53. The Labute approximate surface area is 96.6 Å². The van der Waals surface area contributed by atoms with Crippen molar-refractivity contribution in [3.8, 4) is 12.3 Å². The lowest BCUT2D eigenvalue weighted by atomic mass is 10.2. The lowest BCUT2D eigenvalue weighted by Gasteiger charge is -2.04. The fourth-order valence-electron chi connectivity index (χ4n) is 1.38. The van der Waals surface area contributed by atoms with Crippen LogP contribution in [0.3, 0.4) is 0 Å².